The molecule has 1 heterocycles. The maximum Gasteiger partial charge on any atom is 0.258 e. The molecule has 106 valence electrons. The Labute approximate surface area is 122 Å². The van der Waals surface area contributed by atoms with Crippen molar-refractivity contribution in [2.24, 2.45) is 0 Å². The third kappa shape index (κ3) is 4.03. The Kier molecular flexibility index (Phi) is 4.69. The molecule has 0 aliphatic rings. The fourth-order valence-corrected chi connectivity index (χ4v) is 1.93. The Morgan fingerprint density at radius 2 is 2.20 bits per heavy atom. The van der Waals surface area contributed by atoms with E-state index in [-0.39, 0.29) is 18.6 Å². The number of carbonyl (C=O) groups excluding carboxylic acids is 1. The summed E-state index contributed by atoms with van der Waals surface area (Å²) >= 11 is 5.83. The molecule has 1 N–H and O–H groups in total. The van der Waals surface area contributed by atoms with Crippen molar-refractivity contribution in [1.82, 2.24) is 5.32 Å². The molecule has 0 saturated heterocycles. The number of rotatable bonds is 5. The number of aryl methyl sites for hydroxylation is 1. The van der Waals surface area contributed by atoms with Crippen LogP contribution in [-0.2, 0) is 4.79 Å². The van der Waals surface area contributed by atoms with E-state index in [1.54, 1.807) is 24.3 Å². The van der Waals surface area contributed by atoms with Gasteiger partial charge < -0.3 is 14.5 Å². The van der Waals surface area contributed by atoms with Gasteiger partial charge in [0.2, 0.25) is 0 Å². The number of ether oxygens (including phenoxy) is 1. The fraction of sp³-hybridized carbons (Fsp3) is 0.267. The SMILES string of the molecule is Cc1ccc(C(C)NC(=O)COc2cccc(Cl)c2)o1. The van der Waals surface area contributed by atoms with Gasteiger partial charge in [0.15, 0.2) is 6.61 Å². The summed E-state index contributed by atoms with van der Waals surface area (Å²) < 4.78 is 10.8. The zero-order valence-electron chi connectivity index (χ0n) is 11.4. The van der Waals surface area contributed by atoms with Gasteiger partial charge in [0, 0.05) is 5.02 Å². The predicted molar refractivity (Wildman–Crippen MR) is 76.9 cm³/mol. The van der Waals surface area contributed by atoms with Gasteiger partial charge in [-0.3, -0.25) is 4.79 Å². The molecule has 4 nitrogen and oxygen atoms in total. The predicted octanol–water partition coefficient (Wildman–Crippen LogP) is 3.50. The molecule has 0 bridgehead atoms. The standard InChI is InChI=1S/C15H16ClNO3/c1-10-6-7-14(20-10)11(2)17-15(18)9-19-13-5-3-4-12(16)8-13/h3-8,11H,9H2,1-2H3,(H,17,18). The molecule has 2 aromatic rings. The number of hydrogen-bond acceptors (Lipinski definition) is 3. The van der Waals surface area contributed by atoms with Crippen molar-refractivity contribution in [2.45, 2.75) is 19.9 Å². The molecule has 0 aliphatic heterocycles. The van der Waals surface area contributed by atoms with Crippen LogP contribution in [0.25, 0.3) is 0 Å². The molecule has 1 amide bonds. The highest BCUT2D eigenvalue weighted by Gasteiger charge is 2.13. The number of nitrogens with one attached hydrogen (secondary N) is 1. The lowest BCUT2D eigenvalue weighted by Crippen LogP contribution is -2.31. The molecule has 20 heavy (non-hydrogen) atoms. The number of carbonyl (C=O) groups is 1. The molecule has 2 rings (SSSR count). The first-order valence-electron chi connectivity index (χ1n) is 6.28. The van der Waals surface area contributed by atoms with Crippen LogP contribution in [0.15, 0.2) is 40.8 Å². The van der Waals surface area contributed by atoms with Crippen LogP contribution < -0.4 is 10.1 Å². The minimum Gasteiger partial charge on any atom is -0.484 e. The first-order valence-corrected chi connectivity index (χ1v) is 6.66. The Bertz CT molecular complexity index is 594. The third-order valence-corrected chi connectivity index (χ3v) is 2.97. The average molecular weight is 294 g/mol. The van der Waals surface area contributed by atoms with Crippen molar-refractivity contribution in [2.75, 3.05) is 6.61 Å². The highest BCUT2D eigenvalue weighted by Crippen LogP contribution is 2.17. The largest absolute Gasteiger partial charge is 0.484 e. The highest BCUT2D eigenvalue weighted by atomic mass is 35.5. The Balaban J connectivity index is 1.83. The maximum atomic E-state index is 11.8. The highest BCUT2D eigenvalue weighted by molar-refractivity contribution is 6.30. The molecule has 0 radical (unpaired) electrons. The van der Waals surface area contributed by atoms with Gasteiger partial charge in [0.25, 0.3) is 5.91 Å². The summed E-state index contributed by atoms with van der Waals surface area (Å²) in [5.41, 5.74) is 0. The fourth-order valence-electron chi connectivity index (χ4n) is 1.75. The smallest absolute Gasteiger partial charge is 0.258 e. The van der Waals surface area contributed by atoms with Gasteiger partial charge in [-0.25, -0.2) is 0 Å². The molecular formula is C15H16ClNO3. The summed E-state index contributed by atoms with van der Waals surface area (Å²) in [6, 6.07) is 10.4. The Morgan fingerprint density at radius 1 is 1.40 bits per heavy atom. The van der Waals surface area contributed by atoms with E-state index in [2.05, 4.69) is 5.32 Å². The third-order valence-electron chi connectivity index (χ3n) is 2.73. The van der Waals surface area contributed by atoms with E-state index < -0.39 is 0 Å². The molecule has 0 spiro atoms. The van der Waals surface area contributed by atoms with Crippen LogP contribution in [0.5, 0.6) is 5.75 Å². The van der Waals surface area contributed by atoms with E-state index in [0.29, 0.717) is 10.8 Å². The van der Waals surface area contributed by atoms with E-state index in [4.69, 9.17) is 20.8 Å². The lowest BCUT2D eigenvalue weighted by atomic mass is 10.2. The molecule has 1 aromatic carbocycles. The van der Waals surface area contributed by atoms with Gasteiger partial charge >= 0.3 is 0 Å². The van der Waals surface area contributed by atoms with Crippen molar-refractivity contribution in [3.63, 3.8) is 0 Å². The number of benzene rings is 1. The average Bonchev–Trinajstić information content (AvgIpc) is 2.83. The van der Waals surface area contributed by atoms with E-state index in [9.17, 15) is 4.79 Å². The summed E-state index contributed by atoms with van der Waals surface area (Å²) in [5, 5.41) is 3.38. The van der Waals surface area contributed by atoms with Crippen LogP contribution in [0.2, 0.25) is 5.02 Å². The van der Waals surface area contributed by atoms with Crippen LogP contribution in [0.4, 0.5) is 0 Å². The van der Waals surface area contributed by atoms with Gasteiger partial charge in [0.1, 0.15) is 17.3 Å². The Morgan fingerprint density at radius 3 is 2.85 bits per heavy atom. The minimum atomic E-state index is -0.216. The van der Waals surface area contributed by atoms with E-state index in [1.165, 1.54) is 0 Å². The summed E-state index contributed by atoms with van der Waals surface area (Å²) in [6.07, 6.45) is 0. The summed E-state index contributed by atoms with van der Waals surface area (Å²) in [4.78, 5) is 11.8. The summed E-state index contributed by atoms with van der Waals surface area (Å²) in [6.45, 7) is 3.65. The monoisotopic (exact) mass is 293 g/mol. The second-order valence-corrected chi connectivity index (χ2v) is 4.92. The number of amides is 1. The molecular weight excluding hydrogens is 278 g/mol. The second kappa shape index (κ2) is 6.48. The molecule has 5 heteroatoms. The normalized spacial score (nSPS) is 11.9. The van der Waals surface area contributed by atoms with Gasteiger partial charge in [0.05, 0.1) is 6.04 Å². The molecule has 0 saturated carbocycles. The van der Waals surface area contributed by atoms with Crippen molar-refractivity contribution in [3.05, 3.63) is 52.9 Å². The van der Waals surface area contributed by atoms with Crippen LogP contribution in [0, 0.1) is 6.92 Å². The number of hydrogen-bond donors (Lipinski definition) is 1. The lowest BCUT2D eigenvalue weighted by molar-refractivity contribution is -0.123. The first kappa shape index (κ1) is 14.5. The van der Waals surface area contributed by atoms with E-state index in [1.807, 2.05) is 26.0 Å². The van der Waals surface area contributed by atoms with Gasteiger partial charge in [-0.05, 0) is 44.2 Å². The summed E-state index contributed by atoms with van der Waals surface area (Å²) in [5.74, 6) is 1.88. The quantitative estimate of drug-likeness (QED) is 0.918. The van der Waals surface area contributed by atoms with Crippen molar-refractivity contribution in [3.8, 4) is 5.75 Å². The van der Waals surface area contributed by atoms with Crippen molar-refractivity contribution >= 4 is 17.5 Å². The molecule has 1 aromatic heterocycles. The summed E-state index contributed by atoms with van der Waals surface area (Å²) in [7, 11) is 0. The van der Waals surface area contributed by atoms with Gasteiger partial charge in [-0.1, -0.05) is 17.7 Å². The minimum absolute atomic E-state index is 0.0651. The van der Waals surface area contributed by atoms with E-state index >= 15 is 0 Å². The van der Waals surface area contributed by atoms with Crippen molar-refractivity contribution in [1.29, 1.82) is 0 Å². The zero-order valence-corrected chi connectivity index (χ0v) is 12.1. The van der Waals surface area contributed by atoms with E-state index in [0.717, 1.165) is 11.5 Å². The number of halogens is 1. The molecule has 1 unspecified atom stereocenters. The zero-order chi connectivity index (χ0) is 14.5. The van der Waals surface area contributed by atoms with Gasteiger partial charge in [-0.2, -0.15) is 0 Å². The first-order chi connectivity index (χ1) is 9.54. The van der Waals surface area contributed by atoms with Crippen molar-refractivity contribution < 1.29 is 13.9 Å². The molecule has 0 aliphatic carbocycles. The topological polar surface area (TPSA) is 51.5 Å². The maximum absolute atomic E-state index is 11.8. The molecule has 1 atom stereocenters. The van der Waals surface area contributed by atoms with Gasteiger partial charge in [-0.15, -0.1) is 0 Å². The molecule has 0 fully saturated rings. The van der Waals surface area contributed by atoms with Crippen LogP contribution in [0.3, 0.4) is 0 Å². The Hall–Kier alpha value is -1.94. The lowest BCUT2D eigenvalue weighted by Gasteiger charge is -2.12. The van der Waals surface area contributed by atoms with Crippen LogP contribution in [-0.4, -0.2) is 12.5 Å². The van der Waals surface area contributed by atoms with Crippen LogP contribution in [0.1, 0.15) is 24.5 Å². The second-order valence-electron chi connectivity index (χ2n) is 4.48. The van der Waals surface area contributed by atoms with Crippen LogP contribution >= 0.6 is 11.6 Å². The number of furan rings is 1.